The smallest absolute Gasteiger partial charge is 0.313 e. The minimum atomic E-state index is -0.346. The maximum atomic E-state index is 12.2. The van der Waals surface area contributed by atoms with Crippen molar-refractivity contribution in [2.24, 2.45) is 5.73 Å². The molecule has 3 heteroatoms. The summed E-state index contributed by atoms with van der Waals surface area (Å²) in [5, 5.41) is 0. The Morgan fingerprint density at radius 3 is 2.45 bits per heavy atom. The van der Waals surface area contributed by atoms with Gasteiger partial charge in [0.15, 0.2) is 0 Å². The van der Waals surface area contributed by atoms with Gasteiger partial charge in [0.1, 0.15) is 5.75 Å². The van der Waals surface area contributed by atoms with Crippen molar-refractivity contribution in [2.75, 3.05) is 0 Å². The maximum Gasteiger partial charge on any atom is 0.313 e. The Bertz CT molecular complexity index is 635. The number of benzene rings is 2. The first kappa shape index (κ1) is 16.2. The summed E-state index contributed by atoms with van der Waals surface area (Å²) >= 11 is 0. The van der Waals surface area contributed by atoms with E-state index in [1.165, 1.54) is 0 Å². The zero-order chi connectivity index (χ0) is 16.1. The quantitative estimate of drug-likeness (QED) is 0.667. The van der Waals surface area contributed by atoms with E-state index in [4.69, 9.17) is 10.5 Å². The van der Waals surface area contributed by atoms with Crippen LogP contribution in [0.25, 0.3) is 0 Å². The van der Waals surface area contributed by atoms with Gasteiger partial charge in [-0.1, -0.05) is 56.3 Å². The molecule has 0 amide bonds. The van der Waals surface area contributed by atoms with Gasteiger partial charge in [0, 0.05) is 6.04 Å². The van der Waals surface area contributed by atoms with E-state index in [0.29, 0.717) is 11.7 Å². The van der Waals surface area contributed by atoms with Crippen molar-refractivity contribution in [1.82, 2.24) is 0 Å². The predicted octanol–water partition coefficient (Wildman–Crippen LogP) is 4.11. The van der Waals surface area contributed by atoms with Gasteiger partial charge in [0.05, 0.1) is 6.42 Å². The molecule has 0 aromatic heterocycles. The van der Waals surface area contributed by atoms with Crippen LogP contribution in [0.1, 0.15) is 48.9 Å². The second kappa shape index (κ2) is 7.23. The van der Waals surface area contributed by atoms with Crippen LogP contribution in [0.15, 0.2) is 48.5 Å². The van der Waals surface area contributed by atoms with Crippen LogP contribution >= 0.6 is 0 Å². The first-order valence-corrected chi connectivity index (χ1v) is 7.59. The number of aryl methyl sites for hydroxylation is 1. The molecule has 0 aliphatic carbocycles. The summed E-state index contributed by atoms with van der Waals surface area (Å²) in [7, 11) is 0. The number of hydrogen-bond acceptors (Lipinski definition) is 3. The number of hydrogen-bond donors (Lipinski definition) is 1. The normalized spacial score (nSPS) is 12.2. The fraction of sp³-hybridized carbons (Fsp3) is 0.316. The topological polar surface area (TPSA) is 52.3 Å². The van der Waals surface area contributed by atoms with E-state index in [2.05, 4.69) is 13.8 Å². The highest BCUT2D eigenvalue weighted by molar-refractivity contribution is 5.74. The van der Waals surface area contributed by atoms with Gasteiger partial charge in [-0.25, -0.2) is 0 Å². The van der Waals surface area contributed by atoms with E-state index in [-0.39, 0.29) is 18.4 Å². The average Bonchev–Trinajstić information content (AvgIpc) is 2.47. The van der Waals surface area contributed by atoms with Crippen molar-refractivity contribution in [2.45, 2.75) is 39.2 Å². The van der Waals surface area contributed by atoms with E-state index >= 15 is 0 Å². The first-order valence-electron chi connectivity index (χ1n) is 7.59. The minimum Gasteiger partial charge on any atom is -0.426 e. The molecule has 0 unspecified atom stereocenters. The Labute approximate surface area is 132 Å². The Balaban J connectivity index is 2.08. The first-order chi connectivity index (χ1) is 10.5. The van der Waals surface area contributed by atoms with Gasteiger partial charge in [-0.2, -0.15) is 0 Å². The average molecular weight is 297 g/mol. The standard InChI is InChI=1S/C19H23NO2/c1-13(2)16-10-9-14(3)11-18(16)22-19(21)12-17(20)15-7-5-4-6-8-15/h4-11,13,17H,12,20H2,1-3H3/t17-/m1/s1. The Hall–Kier alpha value is -2.13. The molecule has 0 spiro atoms. The van der Waals surface area contributed by atoms with Crippen molar-refractivity contribution in [3.8, 4) is 5.75 Å². The molecule has 2 aromatic rings. The van der Waals surface area contributed by atoms with Gasteiger partial charge in [0.25, 0.3) is 0 Å². The third-order valence-corrected chi connectivity index (χ3v) is 3.63. The van der Waals surface area contributed by atoms with Gasteiger partial charge in [0.2, 0.25) is 0 Å². The molecule has 0 aliphatic rings. The molecule has 0 fully saturated rings. The largest absolute Gasteiger partial charge is 0.426 e. The lowest BCUT2D eigenvalue weighted by molar-refractivity contribution is -0.134. The van der Waals surface area contributed by atoms with E-state index in [0.717, 1.165) is 16.7 Å². The van der Waals surface area contributed by atoms with Crippen LogP contribution in [-0.2, 0) is 4.79 Å². The molecule has 2 aromatic carbocycles. The van der Waals surface area contributed by atoms with E-state index < -0.39 is 0 Å². The van der Waals surface area contributed by atoms with Gasteiger partial charge >= 0.3 is 5.97 Å². The molecule has 2 rings (SSSR count). The lowest BCUT2D eigenvalue weighted by Gasteiger charge is -2.15. The molecule has 0 heterocycles. The summed E-state index contributed by atoms with van der Waals surface area (Å²) in [4.78, 5) is 12.2. The zero-order valence-electron chi connectivity index (χ0n) is 13.4. The van der Waals surface area contributed by atoms with Crippen LogP contribution in [0.3, 0.4) is 0 Å². The SMILES string of the molecule is Cc1ccc(C(C)C)c(OC(=O)C[C@@H](N)c2ccccc2)c1. The lowest BCUT2D eigenvalue weighted by atomic mass is 10.0. The monoisotopic (exact) mass is 297 g/mol. The van der Waals surface area contributed by atoms with Gasteiger partial charge in [-0.15, -0.1) is 0 Å². The van der Waals surface area contributed by atoms with Crippen LogP contribution in [0.4, 0.5) is 0 Å². The van der Waals surface area contributed by atoms with Crippen LogP contribution in [0.2, 0.25) is 0 Å². The minimum absolute atomic E-state index is 0.162. The van der Waals surface area contributed by atoms with Crippen molar-refractivity contribution in [3.05, 3.63) is 65.2 Å². The molecule has 0 bridgehead atoms. The van der Waals surface area contributed by atoms with E-state index in [1.807, 2.05) is 55.5 Å². The Kier molecular flexibility index (Phi) is 5.34. The highest BCUT2D eigenvalue weighted by atomic mass is 16.5. The third-order valence-electron chi connectivity index (χ3n) is 3.63. The molecule has 1 atom stereocenters. The maximum absolute atomic E-state index is 12.2. The van der Waals surface area contributed by atoms with Gasteiger partial charge in [-0.3, -0.25) is 4.79 Å². The van der Waals surface area contributed by atoms with E-state index in [1.54, 1.807) is 0 Å². The predicted molar refractivity (Wildman–Crippen MR) is 88.9 cm³/mol. The second-order valence-corrected chi connectivity index (χ2v) is 5.89. The third kappa shape index (κ3) is 4.18. The molecular formula is C19H23NO2. The Morgan fingerprint density at radius 1 is 1.14 bits per heavy atom. The molecule has 3 nitrogen and oxygen atoms in total. The summed E-state index contributed by atoms with van der Waals surface area (Å²) < 4.78 is 5.56. The number of ether oxygens (including phenoxy) is 1. The second-order valence-electron chi connectivity index (χ2n) is 5.89. The number of carbonyl (C=O) groups is 1. The van der Waals surface area contributed by atoms with Crippen molar-refractivity contribution in [1.29, 1.82) is 0 Å². The van der Waals surface area contributed by atoms with Crippen LogP contribution in [0.5, 0.6) is 5.75 Å². The number of esters is 1. The molecule has 2 N–H and O–H groups in total. The van der Waals surface area contributed by atoms with Crippen molar-refractivity contribution in [3.63, 3.8) is 0 Å². The molecule has 116 valence electrons. The highest BCUT2D eigenvalue weighted by Gasteiger charge is 2.16. The zero-order valence-corrected chi connectivity index (χ0v) is 13.4. The van der Waals surface area contributed by atoms with Crippen LogP contribution in [-0.4, -0.2) is 5.97 Å². The fourth-order valence-corrected chi connectivity index (χ4v) is 2.37. The highest BCUT2D eigenvalue weighted by Crippen LogP contribution is 2.28. The molecule has 0 radical (unpaired) electrons. The summed E-state index contributed by atoms with van der Waals surface area (Å²) in [5.41, 5.74) is 9.12. The van der Waals surface area contributed by atoms with E-state index in [9.17, 15) is 4.79 Å². The van der Waals surface area contributed by atoms with Crippen molar-refractivity contribution >= 4 is 5.97 Å². The Morgan fingerprint density at radius 2 is 1.82 bits per heavy atom. The molecular weight excluding hydrogens is 274 g/mol. The van der Waals surface area contributed by atoms with Crippen molar-refractivity contribution < 1.29 is 9.53 Å². The molecule has 0 saturated carbocycles. The number of nitrogens with two attached hydrogens (primary N) is 1. The number of rotatable bonds is 5. The van der Waals surface area contributed by atoms with Gasteiger partial charge in [-0.05, 0) is 35.6 Å². The lowest BCUT2D eigenvalue weighted by Crippen LogP contribution is -2.19. The summed E-state index contributed by atoms with van der Waals surface area (Å²) in [6.45, 7) is 6.15. The summed E-state index contributed by atoms with van der Waals surface area (Å²) in [6.07, 6.45) is 0.162. The van der Waals surface area contributed by atoms with Crippen LogP contribution < -0.4 is 10.5 Å². The van der Waals surface area contributed by atoms with Crippen LogP contribution in [0, 0.1) is 6.92 Å². The fourth-order valence-electron chi connectivity index (χ4n) is 2.37. The number of carbonyl (C=O) groups excluding carboxylic acids is 1. The summed E-state index contributed by atoms with van der Waals surface area (Å²) in [5.74, 6) is 0.635. The molecule has 0 saturated heterocycles. The summed E-state index contributed by atoms with van der Waals surface area (Å²) in [6, 6.07) is 15.2. The van der Waals surface area contributed by atoms with Gasteiger partial charge < -0.3 is 10.5 Å². The molecule has 22 heavy (non-hydrogen) atoms. The molecule has 0 aliphatic heterocycles.